The number of hydrogen-bond donors (Lipinski definition) is 1. The van der Waals surface area contributed by atoms with E-state index in [1.165, 1.54) is 12.1 Å². The van der Waals surface area contributed by atoms with Crippen LogP contribution in [0.25, 0.3) is 0 Å². The first kappa shape index (κ1) is 11.3. The van der Waals surface area contributed by atoms with E-state index in [0.29, 0.717) is 4.60 Å². The Morgan fingerprint density at radius 3 is 2.87 bits per heavy atom. The minimum Gasteiger partial charge on any atom is -0.358 e. The number of hydrogen-bond acceptors (Lipinski definition) is 4. The van der Waals surface area contributed by atoms with Gasteiger partial charge in [0.05, 0.1) is 0 Å². The van der Waals surface area contributed by atoms with Crippen LogP contribution in [-0.4, -0.2) is 15.8 Å². The Morgan fingerprint density at radius 2 is 2.33 bits per heavy atom. The number of nitrogens with zero attached hydrogens (tertiary/aromatic N) is 2. The Kier molecular flexibility index (Phi) is 3.51. The molecule has 1 rings (SSSR count). The molecule has 1 N–H and O–H groups in total. The van der Waals surface area contributed by atoms with Gasteiger partial charge >= 0.3 is 5.82 Å². The standard InChI is InChI=1S/C8H6BrN3O3/c1-2-7(13)10-5-3-4-6(9)11-8(5)12(14)15/h2-4H,1H2,(H,10,13). The molecule has 0 aliphatic carbocycles. The number of aromatic nitrogens is 1. The van der Waals surface area contributed by atoms with Gasteiger partial charge in [-0.15, -0.1) is 0 Å². The molecular weight excluding hydrogens is 266 g/mol. The van der Waals surface area contributed by atoms with Crippen molar-refractivity contribution < 1.29 is 9.72 Å². The highest BCUT2D eigenvalue weighted by atomic mass is 79.9. The van der Waals surface area contributed by atoms with E-state index in [0.717, 1.165) is 6.08 Å². The third kappa shape index (κ3) is 2.84. The molecule has 0 unspecified atom stereocenters. The molecule has 0 radical (unpaired) electrons. The lowest BCUT2D eigenvalue weighted by Gasteiger charge is -2.02. The van der Waals surface area contributed by atoms with E-state index >= 15 is 0 Å². The van der Waals surface area contributed by atoms with Gasteiger partial charge < -0.3 is 15.4 Å². The van der Waals surface area contributed by atoms with Gasteiger partial charge in [0.15, 0.2) is 0 Å². The largest absolute Gasteiger partial charge is 0.388 e. The molecule has 0 saturated heterocycles. The second-order valence-corrected chi connectivity index (χ2v) is 3.27. The van der Waals surface area contributed by atoms with Crippen molar-refractivity contribution in [3.8, 4) is 0 Å². The third-order valence-electron chi connectivity index (χ3n) is 1.46. The molecule has 0 bridgehead atoms. The number of carbonyl (C=O) groups excluding carboxylic acids is 1. The van der Waals surface area contributed by atoms with Crippen molar-refractivity contribution in [3.63, 3.8) is 0 Å². The maximum Gasteiger partial charge on any atom is 0.388 e. The average molecular weight is 272 g/mol. The topological polar surface area (TPSA) is 85.1 Å². The van der Waals surface area contributed by atoms with E-state index in [-0.39, 0.29) is 5.69 Å². The minimum atomic E-state index is -0.677. The van der Waals surface area contributed by atoms with Gasteiger partial charge in [0, 0.05) is 15.9 Å². The lowest BCUT2D eigenvalue weighted by Crippen LogP contribution is -2.10. The summed E-state index contributed by atoms with van der Waals surface area (Å²) in [4.78, 5) is 24.5. The number of nitro groups is 1. The van der Waals surface area contributed by atoms with Gasteiger partial charge in [0.25, 0.3) is 0 Å². The van der Waals surface area contributed by atoms with Gasteiger partial charge in [-0.1, -0.05) is 6.58 Å². The molecule has 7 heteroatoms. The van der Waals surface area contributed by atoms with Crippen LogP contribution in [0.2, 0.25) is 0 Å². The smallest absolute Gasteiger partial charge is 0.358 e. The van der Waals surface area contributed by atoms with E-state index in [1.54, 1.807) is 0 Å². The molecule has 78 valence electrons. The second kappa shape index (κ2) is 4.65. The molecule has 0 saturated carbocycles. The van der Waals surface area contributed by atoms with Gasteiger partial charge in [0.2, 0.25) is 10.5 Å². The van der Waals surface area contributed by atoms with Crippen LogP contribution in [0, 0.1) is 10.1 Å². The van der Waals surface area contributed by atoms with E-state index in [2.05, 4.69) is 32.8 Å². The summed E-state index contributed by atoms with van der Waals surface area (Å²) in [6.07, 6.45) is 1.02. The third-order valence-corrected chi connectivity index (χ3v) is 1.90. The van der Waals surface area contributed by atoms with Crippen LogP contribution in [0.1, 0.15) is 0 Å². The Labute approximate surface area is 93.3 Å². The fraction of sp³-hybridized carbons (Fsp3) is 0. The number of halogens is 1. The number of anilines is 1. The molecule has 1 heterocycles. The first-order valence-electron chi connectivity index (χ1n) is 3.79. The zero-order valence-electron chi connectivity index (χ0n) is 7.44. The number of amides is 1. The summed E-state index contributed by atoms with van der Waals surface area (Å²) in [7, 11) is 0. The van der Waals surface area contributed by atoms with Crippen molar-refractivity contribution in [1.29, 1.82) is 0 Å². The Morgan fingerprint density at radius 1 is 1.67 bits per heavy atom. The first-order chi connectivity index (χ1) is 7.04. The summed E-state index contributed by atoms with van der Waals surface area (Å²) in [5, 5.41) is 12.9. The predicted octanol–water partition coefficient (Wildman–Crippen LogP) is 1.88. The quantitative estimate of drug-likeness (QED) is 0.394. The van der Waals surface area contributed by atoms with Crippen molar-refractivity contribution in [1.82, 2.24) is 4.98 Å². The van der Waals surface area contributed by atoms with Crippen LogP contribution in [0.4, 0.5) is 11.5 Å². The van der Waals surface area contributed by atoms with Gasteiger partial charge in [-0.05, 0) is 28.1 Å². The van der Waals surface area contributed by atoms with Gasteiger partial charge in [-0.3, -0.25) is 4.79 Å². The molecule has 1 aromatic heterocycles. The molecule has 15 heavy (non-hydrogen) atoms. The van der Waals surface area contributed by atoms with Crippen LogP contribution < -0.4 is 5.32 Å². The van der Waals surface area contributed by atoms with E-state index in [4.69, 9.17) is 0 Å². The normalized spacial score (nSPS) is 9.40. The van der Waals surface area contributed by atoms with Crippen molar-refractivity contribution in [2.75, 3.05) is 5.32 Å². The molecule has 0 atom stereocenters. The van der Waals surface area contributed by atoms with E-state index in [9.17, 15) is 14.9 Å². The Hall–Kier alpha value is -1.76. The lowest BCUT2D eigenvalue weighted by atomic mass is 10.4. The summed E-state index contributed by atoms with van der Waals surface area (Å²) >= 11 is 3.00. The van der Waals surface area contributed by atoms with Gasteiger partial charge in [-0.25, -0.2) is 0 Å². The van der Waals surface area contributed by atoms with Crippen molar-refractivity contribution in [2.24, 2.45) is 0 Å². The zero-order valence-corrected chi connectivity index (χ0v) is 9.02. The zero-order chi connectivity index (χ0) is 11.4. The van der Waals surface area contributed by atoms with E-state index in [1.807, 2.05) is 0 Å². The number of rotatable bonds is 3. The summed E-state index contributed by atoms with van der Waals surface area (Å²) < 4.78 is 0.325. The second-order valence-electron chi connectivity index (χ2n) is 2.46. The summed E-state index contributed by atoms with van der Waals surface area (Å²) in [5.74, 6) is -0.943. The van der Waals surface area contributed by atoms with Crippen molar-refractivity contribution >= 4 is 33.3 Å². The average Bonchev–Trinajstić information content (AvgIpc) is 2.20. The Balaban J connectivity index is 3.11. The molecule has 1 amide bonds. The van der Waals surface area contributed by atoms with Gasteiger partial charge in [0.1, 0.15) is 5.69 Å². The summed E-state index contributed by atoms with van der Waals surface area (Å²) in [5.41, 5.74) is 0.0353. The summed E-state index contributed by atoms with van der Waals surface area (Å²) in [6.45, 7) is 3.24. The molecule has 0 aliphatic heterocycles. The molecule has 0 aliphatic rings. The Bertz CT molecular complexity index is 433. The first-order valence-corrected chi connectivity index (χ1v) is 4.58. The monoisotopic (exact) mass is 271 g/mol. The maximum absolute atomic E-state index is 10.9. The highest BCUT2D eigenvalue weighted by molar-refractivity contribution is 9.10. The molecule has 0 spiro atoms. The molecule has 6 nitrogen and oxygen atoms in total. The van der Waals surface area contributed by atoms with Crippen molar-refractivity contribution in [3.05, 3.63) is 39.5 Å². The number of carbonyl (C=O) groups is 1. The van der Waals surface area contributed by atoms with Crippen LogP contribution in [0.5, 0.6) is 0 Å². The molecule has 1 aromatic rings. The summed E-state index contributed by atoms with van der Waals surface area (Å²) in [6, 6.07) is 2.88. The SMILES string of the molecule is C=CC(=O)Nc1ccc(Br)nc1[N+](=O)[O-]. The maximum atomic E-state index is 10.9. The van der Waals surface area contributed by atoms with Crippen molar-refractivity contribution in [2.45, 2.75) is 0 Å². The van der Waals surface area contributed by atoms with Crippen LogP contribution in [0.15, 0.2) is 29.4 Å². The lowest BCUT2D eigenvalue weighted by molar-refractivity contribution is -0.388. The fourth-order valence-corrected chi connectivity index (χ4v) is 1.15. The predicted molar refractivity (Wildman–Crippen MR) is 57.4 cm³/mol. The van der Waals surface area contributed by atoms with Crippen LogP contribution >= 0.6 is 15.9 Å². The minimum absolute atomic E-state index is 0.0353. The van der Waals surface area contributed by atoms with Crippen LogP contribution in [0.3, 0.4) is 0 Å². The molecular formula is C8H6BrN3O3. The highest BCUT2D eigenvalue weighted by Gasteiger charge is 2.17. The highest BCUT2D eigenvalue weighted by Crippen LogP contribution is 2.23. The number of pyridine rings is 1. The molecule has 0 aromatic carbocycles. The molecule has 0 fully saturated rings. The van der Waals surface area contributed by atoms with Gasteiger partial charge in [-0.2, -0.15) is 0 Å². The number of nitrogens with one attached hydrogen (secondary N) is 1. The fourth-order valence-electron chi connectivity index (χ4n) is 0.846. The van der Waals surface area contributed by atoms with Crippen LogP contribution in [-0.2, 0) is 4.79 Å². The van der Waals surface area contributed by atoms with E-state index < -0.39 is 16.6 Å².